The first kappa shape index (κ1) is 17.0. The minimum Gasteiger partial charge on any atom is -0.479 e. The summed E-state index contributed by atoms with van der Waals surface area (Å²) in [6.07, 6.45) is 0.481. The molecule has 0 aliphatic rings. The summed E-state index contributed by atoms with van der Waals surface area (Å²) in [4.78, 5) is 11.2. The van der Waals surface area contributed by atoms with Crippen molar-refractivity contribution < 1.29 is 14.6 Å². The van der Waals surface area contributed by atoms with Crippen molar-refractivity contribution in [1.29, 1.82) is 0 Å². The fourth-order valence-electron chi connectivity index (χ4n) is 1.76. The maximum Gasteiger partial charge on any atom is 0.344 e. The lowest BCUT2D eigenvalue weighted by Crippen LogP contribution is -2.28. The molecular formula is C15H22BrNO3. The van der Waals surface area contributed by atoms with Crippen molar-refractivity contribution in [1.82, 2.24) is 5.32 Å². The van der Waals surface area contributed by atoms with Crippen LogP contribution in [0.2, 0.25) is 0 Å². The maximum absolute atomic E-state index is 11.2. The molecule has 5 heteroatoms. The first-order chi connectivity index (χ1) is 9.43. The third-order valence-corrected chi connectivity index (χ3v) is 3.31. The van der Waals surface area contributed by atoms with Crippen molar-refractivity contribution in [3.63, 3.8) is 0 Å². The second-order valence-electron chi connectivity index (χ2n) is 5.02. The molecule has 0 fully saturated rings. The van der Waals surface area contributed by atoms with E-state index in [2.05, 4.69) is 35.1 Å². The molecule has 0 saturated heterocycles. The van der Waals surface area contributed by atoms with Crippen molar-refractivity contribution in [2.45, 2.75) is 52.3 Å². The Morgan fingerprint density at radius 2 is 2.15 bits per heavy atom. The van der Waals surface area contributed by atoms with Gasteiger partial charge in [0.05, 0.1) is 0 Å². The van der Waals surface area contributed by atoms with Crippen LogP contribution in [0.1, 0.15) is 39.2 Å². The van der Waals surface area contributed by atoms with E-state index in [9.17, 15) is 9.90 Å². The Labute approximate surface area is 128 Å². The van der Waals surface area contributed by atoms with E-state index >= 15 is 0 Å². The molecule has 0 aliphatic heterocycles. The summed E-state index contributed by atoms with van der Waals surface area (Å²) >= 11 is 3.43. The predicted molar refractivity (Wildman–Crippen MR) is 83.1 cm³/mol. The van der Waals surface area contributed by atoms with E-state index < -0.39 is 12.1 Å². The number of carboxylic acid groups (broad SMARTS) is 1. The highest BCUT2D eigenvalue weighted by Gasteiger charge is 2.19. The molecule has 0 saturated carbocycles. The zero-order chi connectivity index (χ0) is 15.1. The van der Waals surface area contributed by atoms with Crippen LogP contribution in [0, 0.1) is 0 Å². The van der Waals surface area contributed by atoms with Gasteiger partial charge in [0.25, 0.3) is 0 Å². The average Bonchev–Trinajstić information content (AvgIpc) is 2.37. The first-order valence-corrected chi connectivity index (χ1v) is 7.64. The molecule has 1 aromatic carbocycles. The molecule has 0 spiro atoms. The van der Waals surface area contributed by atoms with Gasteiger partial charge in [-0.05, 0) is 24.6 Å². The molecule has 0 amide bonds. The van der Waals surface area contributed by atoms with Crippen molar-refractivity contribution in [2.75, 3.05) is 0 Å². The molecule has 0 bridgehead atoms. The molecule has 0 heterocycles. The SMILES string of the molecule is CCCC(Oc1ccc(Br)cc1CNC(C)C)C(=O)O. The summed E-state index contributed by atoms with van der Waals surface area (Å²) in [6.45, 7) is 6.72. The number of carbonyl (C=O) groups is 1. The van der Waals surface area contributed by atoms with E-state index in [0.29, 0.717) is 24.8 Å². The van der Waals surface area contributed by atoms with E-state index in [1.165, 1.54) is 0 Å². The lowest BCUT2D eigenvalue weighted by molar-refractivity contribution is -0.145. The third kappa shape index (κ3) is 5.51. The van der Waals surface area contributed by atoms with E-state index in [0.717, 1.165) is 16.5 Å². The molecule has 0 radical (unpaired) electrons. The molecular weight excluding hydrogens is 322 g/mol. The summed E-state index contributed by atoms with van der Waals surface area (Å²) in [5.74, 6) is -0.292. The highest BCUT2D eigenvalue weighted by molar-refractivity contribution is 9.10. The van der Waals surface area contributed by atoms with E-state index in [1.807, 2.05) is 25.1 Å². The van der Waals surface area contributed by atoms with Crippen LogP contribution in [-0.2, 0) is 11.3 Å². The van der Waals surface area contributed by atoms with Crippen LogP contribution in [0.4, 0.5) is 0 Å². The highest BCUT2D eigenvalue weighted by atomic mass is 79.9. The molecule has 1 rings (SSSR count). The van der Waals surface area contributed by atoms with Crippen LogP contribution in [0.3, 0.4) is 0 Å². The Bertz CT molecular complexity index is 449. The Balaban J connectivity index is 2.89. The number of halogens is 1. The molecule has 4 nitrogen and oxygen atoms in total. The van der Waals surface area contributed by atoms with Gasteiger partial charge in [0, 0.05) is 22.6 Å². The molecule has 0 aromatic heterocycles. The minimum atomic E-state index is -0.919. The standard InChI is InChI=1S/C15H22BrNO3/c1-4-5-14(15(18)19)20-13-7-6-12(16)8-11(13)9-17-10(2)3/h6-8,10,14,17H,4-5,9H2,1-3H3,(H,18,19). The maximum atomic E-state index is 11.2. The van der Waals surface area contributed by atoms with Crippen molar-refractivity contribution in [3.8, 4) is 5.75 Å². The Morgan fingerprint density at radius 1 is 1.45 bits per heavy atom. The topological polar surface area (TPSA) is 58.6 Å². The van der Waals surface area contributed by atoms with Gasteiger partial charge in [0.2, 0.25) is 0 Å². The smallest absolute Gasteiger partial charge is 0.344 e. The lowest BCUT2D eigenvalue weighted by atomic mass is 10.1. The Kier molecular flexibility index (Phi) is 7.02. The summed E-state index contributed by atoms with van der Waals surface area (Å²) in [5, 5.41) is 12.5. The van der Waals surface area contributed by atoms with Crippen LogP contribution in [-0.4, -0.2) is 23.2 Å². The number of carboxylic acids is 1. The van der Waals surface area contributed by atoms with Gasteiger partial charge in [-0.3, -0.25) is 0 Å². The Hall–Kier alpha value is -1.07. The summed E-state index contributed by atoms with van der Waals surface area (Å²) < 4.78 is 6.63. The monoisotopic (exact) mass is 343 g/mol. The van der Waals surface area contributed by atoms with Crippen molar-refractivity contribution >= 4 is 21.9 Å². The number of nitrogens with one attached hydrogen (secondary N) is 1. The molecule has 1 unspecified atom stereocenters. The molecule has 1 aromatic rings. The van der Waals surface area contributed by atoms with Crippen molar-refractivity contribution in [2.24, 2.45) is 0 Å². The van der Waals surface area contributed by atoms with Crippen LogP contribution in [0.5, 0.6) is 5.75 Å². The van der Waals surface area contributed by atoms with Gasteiger partial charge < -0.3 is 15.2 Å². The number of benzene rings is 1. The summed E-state index contributed by atoms with van der Waals surface area (Å²) in [5.41, 5.74) is 0.954. The Morgan fingerprint density at radius 3 is 2.70 bits per heavy atom. The minimum absolute atomic E-state index is 0.354. The molecule has 112 valence electrons. The zero-order valence-electron chi connectivity index (χ0n) is 12.1. The number of aliphatic carboxylic acids is 1. The second-order valence-corrected chi connectivity index (χ2v) is 5.94. The quantitative estimate of drug-likeness (QED) is 0.757. The second kappa shape index (κ2) is 8.27. The molecule has 1 atom stereocenters. The van der Waals surface area contributed by atoms with E-state index in [4.69, 9.17) is 4.74 Å². The van der Waals surface area contributed by atoms with E-state index in [1.54, 1.807) is 0 Å². The molecule has 0 aliphatic carbocycles. The van der Waals surface area contributed by atoms with Crippen molar-refractivity contribution in [3.05, 3.63) is 28.2 Å². The van der Waals surface area contributed by atoms with Gasteiger partial charge in [0.1, 0.15) is 5.75 Å². The van der Waals surface area contributed by atoms with Crippen LogP contribution < -0.4 is 10.1 Å². The van der Waals surface area contributed by atoms with Gasteiger partial charge in [-0.15, -0.1) is 0 Å². The number of hydrogen-bond donors (Lipinski definition) is 2. The van der Waals surface area contributed by atoms with Crippen LogP contribution >= 0.6 is 15.9 Å². The largest absolute Gasteiger partial charge is 0.479 e. The highest BCUT2D eigenvalue weighted by Crippen LogP contribution is 2.25. The van der Waals surface area contributed by atoms with Gasteiger partial charge in [0.15, 0.2) is 6.10 Å². The predicted octanol–water partition coefficient (Wildman–Crippen LogP) is 3.58. The fourth-order valence-corrected chi connectivity index (χ4v) is 2.17. The van der Waals surface area contributed by atoms with Gasteiger partial charge >= 0.3 is 5.97 Å². The zero-order valence-corrected chi connectivity index (χ0v) is 13.7. The lowest BCUT2D eigenvalue weighted by Gasteiger charge is -2.18. The van der Waals surface area contributed by atoms with Gasteiger partial charge in [-0.2, -0.15) is 0 Å². The fraction of sp³-hybridized carbons (Fsp3) is 0.533. The summed E-state index contributed by atoms with van der Waals surface area (Å²) in [7, 11) is 0. The van der Waals surface area contributed by atoms with Crippen LogP contribution in [0.25, 0.3) is 0 Å². The van der Waals surface area contributed by atoms with Gasteiger partial charge in [-0.1, -0.05) is 43.1 Å². The van der Waals surface area contributed by atoms with Crippen LogP contribution in [0.15, 0.2) is 22.7 Å². The summed E-state index contributed by atoms with van der Waals surface area (Å²) in [6, 6.07) is 5.98. The van der Waals surface area contributed by atoms with Gasteiger partial charge in [-0.25, -0.2) is 4.79 Å². The van der Waals surface area contributed by atoms with E-state index in [-0.39, 0.29) is 0 Å². The average molecular weight is 344 g/mol. The first-order valence-electron chi connectivity index (χ1n) is 6.85. The normalized spacial score (nSPS) is 12.4. The molecule has 20 heavy (non-hydrogen) atoms. The number of rotatable bonds is 8. The number of hydrogen-bond acceptors (Lipinski definition) is 3. The number of ether oxygens (including phenoxy) is 1. The third-order valence-electron chi connectivity index (χ3n) is 2.82. The molecule has 2 N–H and O–H groups in total.